The molecule has 2 aromatic carbocycles. The summed E-state index contributed by atoms with van der Waals surface area (Å²) in [6.07, 6.45) is 5.20. The number of hydrogen-bond donors (Lipinski definition) is 0. The van der Waals surface area contributed by atoms with Crippen LogP contribution in [0.5, 0.6) is 0 Å². The predicted octanol–water partition coefficient (Wildman–Crippen LogP) is 5.29. The van der Waals surface area contributed by atoms with E-state index in [1.54, 1.807) is 28.0 Å². The highest BCUT2D eigenvalue weighted by atomic mass is 79.9. The first kappa shape index (κ1) is 22.9. The van der Waals surface area contributed by atoms with Gasteiger partial charge in [-0.25, -0.2) is 14.4 Å². The van der Waals surface area contributed by atoms with Gasteiger partial charge in [-0.3, -0.25) is 14.5 Å². The third-order valence-electron chi connectivity index (χ3n) is 5.57. The highest BCUT2D eigenvalue weighted by Crippen LogP contribution is 2.28. The van der Waals surface area contributed by atoms with Crippen LogP contribution in [0.4, 0.5) is 5.69 Å². The second kappa shape index (κ2) is 9.81. The van der Waals surface area contributed by atoms with Crippen LogP contribution >= 0.6 is 27.3 Å². The summed E-state index contributed by atoms with van der Waals surface area (Å²) >= 11 is 5.07. The molecular weight excluding hydrogens is 524 g/mol. The van der Waals surface area contributed by atoms with Crippen LogP contribution < -0.4 is 10.4 Å². The highest BCUT2D eigenvalue weighted by Gasteiger charge is 2.17. The molecule has 0 aliphatic heterocycles. The van der Waals surface area contributed by atoms with Crippen LogP contribution in [0.1, 0.15) is 11.3 Å². The zero-order chi connectivity index (χ0) is 24.4. The van der Waals surface area contributed by atoms with Crippen molar-refractivity contribution in [1.29, 1.82) is 0 Å². The molecule has 5 rings (SSSR count). The van der Waals surface area contributed by atoms with E-state index in [9.17, 15) is 4.79 Å². The molecule has 0 N–H and O–H groups in total. The standard InChI is InChI=1S/C26H21BrN6OS/c1-18-24(25(34)33(31(18)2)20-10-4-3-5-11-20)30-26-32(29-16-19-9-8-14-28-15-19)23(17-35-26)21-12-6-7-13-22(21)27/h3-17H,1-2H3. The molecule has 0 aliphatic rings. The van der Waals surface area contributed by atoms with E-state index in [2.05, 4.69) is 20.9 Å². The van der Waals surface area contributed by atoms with Gasteiger partial charge < -0.3 is 0 Å². The molecule has 0 unspecified atom stereocenters. The predicted molar refractivity (Wildman–Crippen MR) is 144 cm³/mol. The molecule has 0 amide bonds. The first-order valence-electron chi connectivity index (χ1n) is 10.8. The number of aromatic nitrogens is 4. The molecule has 7 nitrogen and oxygen atoms in total. The summed E-state index contributed by atoms with van der Waals surface area (Å²) in [5, 5.41) is 6.72. The van der Waals surface area contributed by atoms with Gasteiger partial charge in [-0.2, -0.15) is 5.10 Å². The molecule has 35 heavy (non-hydrogen) atoms. The van der Waals surface area contributed by atoms with Crippen molar-refractivity contribution in [3.05, 3.63) is 115 Å². The monoisotopic (exact) mass is 544 g/mol. The number of benzene rings is 2. The largest absolute Gasteiger partial charge is 0.297 e. The number of pyridine rings is 1. The molecule has 0 spiro atoms. The van der Waals surface area contributed by atoms with Crippen molar-refractivity contribution in [3.8, 4) is 16.9 Å². The number of hydrogen-bond acceptors (Lipinski definition) is 5. The van der Waals surface area contributed by atoms with Crippen LogP contribution in [0.2, 0.25) is 0 Å². The molecule has 3 heterocycles. The molecule has 0 radical (unpaired) electrons. The van der Waals surface area contributed by atoms with Gasteiger partial charge in [-0.15, -0.1) is 11.3 Å². The molecule has 174 valence electrons. The summed E-state index contributed by atoms with van der Waals surface area (Å²) in [4.78, 5) is 23.0. The van der Waals surface area contributed by atoms with Crippen molar-refractivity contribution >= 4 is 39.2 Å². The van der Waals surface area contributed by atoms with Crippen LogP contribution in [0.25, 0.3) is 16.9 Å². The lowest BCUT2D eigenvalue weighted by Gasteiger charge is -2.07. The normalized spacial score (nSPS) is 12.0. The molecule has 0 atom stereocenters. The Morgan fingerprint density at radius 1 is 1.03 bits per heavy atom. The molecule has 0 saturated carbocycles. The van der Waals surface area contributed by atoms with Gasteiger partial charge in [0, 0.05) is 40.4 Å². The molecule has 3 aromatic heterocycles. The molecular formula is C26H21BrN6OS. The summed E-state index contributed by atoms with van der Waals surface area (Å²) in [5.74, 6) is 0. The maximum atomic E-state index is 13.4. The smallest absolute Gasteiger partial charge is 0.283 e. The number of para-hydroxylation sites is 1. The van der Waals surface area contributed by atoms with Crippen molar-refractivity contribution in [2.24, 2.45) is 17.1 Å². The molecule has 0 aliphatic carbocycles. The summed E-state index contributed by atoms with van der Waals surface area (Å²) in [5.41, 5.74) is 4.43. The molecule has 0 bridgehead atoms. The summed E-state index contributed by atoms with van der Waals surface area (Å²) in [6, 6.07) is 21.3. The molecule has 0 fully saturated rings. The van der Waals surface area contributed by atoms with E-state index >= 15 is 0 Å². The van der Waals surface area contributed by atoms with Crippen molar-refractivity contribution in [3.63, 3.8) is 0 Å². The first-order valence-corrected chi connectivity index (χ1v) is 12.5. The maximum Gasteiger partial charge on any atom is 0.297 e. The number of thiazole rings is 1. The average Bonchev–Trinajstić information content (AvgIpc) is 3.37. The van der Waals surface area contributed by atoms with Crippen LogP contribution in [-0.2, 0) is 7.05 Å². The van der Waals surface area contributed by atoms with Gasteiger partial charge in [0.05, 0.1) is 23.3 Å². The summed E-state index contributed by atoms with van der Waals surface area (Å²) < 4.78 is 6.15. The fourth-order valence-electron chi connectivity index (χ4n) is 3.70. The SMILES string of the molecule is Cc1c(N=c2scc(-c3ccccc3Br)n2N=Cc2cccnc2)c(=O)n(-c2ccccc2)n1C. The van der Waals surface area contributed by atoms with Gasteiger partial charge in [0.2, 0.25) is 4.80 Å². The lowest BCUT2D eigenvalue weighted by atomic mass is 10.2. The van der Waals surface area contributed by atoms with E-state index in [4.69, 9.17) is 10.1 Å². The Hall–Kier alpha value is -3.82. The van der Waals surface area contributed by atoms with E-state index in [-0.39, 0.29) is 5.56 Å². The lowest BCUT2D eigenvalue weighted by molar-refractivity contribution is 0.630. The number of rotatable bonds is 5. The molecule has 9 heteroatoms. The van der Waals surface area contributed by atoms with Crippen LogP contribution in [0.3, 0.4) is 0 Å². The molecule has 5 aromatic rings. The van der Waals surface area contributed by atoms with Gasteiger partial charge in [-0.1, -0.05) is 58.4 Å². The van der Waals surface area contributed by atoms with Crippen LogP contribution in [0, 0.1) is 6.92 Å². The topological polar surface area (TPSA) is 69.5 Å². The third kappa shape index (κ3) is 4.48. The quantitative estimate of drug-likeness (QED) is 0.282. The highest BCUT2D eigenvalue weighted by molar-refractivity contribution is 9.10. The maximum absolute atomic E-state index is 13.4. The average molecular weight is 545 g/mol. The van der Waals surface area contributed by atoms with Gasteiger partial charge >= 0.3 is 0 Å². The molecule has 0 saturated heterocycles. The van der Waals surface area contributed by atoms with Gasteiger partial charge in [0.1, 0.15) is 0 Å². The van der Waals surface area contributed by atoms with Crippen LogP contribution in [-0.4, -0.2) is 25.2 Å². The van der Waals surface area contributed by atoms with Crippen molar-refractivity contribution in [2.45, 2.75) is 6.92 Å². The van der Waals surface area contributed by atoms with Gasteiger partial charge in [0.25, 0.3) is 5.56 Å². The summed E-state index contributed by atoms with van der Waals surface area (Å²) in [7, 11) is 1.86. The minimum atomic E-state index is -0.185. The van der Waals surface area contributed by atoms with Gasteiger partial charge in [0.15, 0.2) is 5.69 Å². The Kier molecular flexibility index (Phi) is 6.43. The zero-order valence-electron chi connectivity index (χ0n) is 19.0. The van der Waals surface area contributed by atoms with E-state index in [1.807, 2.05) is 90.8 Å². The second-order valence-electron chi connectivity index (χ2n) is 7.75. The Balaban J connectivity index is 1.71. The summed E-state index contributed by atoms with van der Waals surface area (Å²) in [6.45, 7) is 1.89. The Morgan fingerprint density at radius 2 is 1.80 bits per heavy atom. The van der Waals surface area contributed by atoms with E-state index in [0.717, 1.165) is 32.7 Å². The minimum absolute atomic E-state index is 0.185. The van der Waals surface area contributed by atoms with Gasteiger partial charge in [-0.05, 0) is 31.2 Å². The Morgan fingerprint density at radius 3 is 2.54 bits per heavy atom. The second-order valence-corrected chi connectivity index (χ2v) is 9.44. The van der Waals surface area contributed by atoms with E-state index < -0.39 is 0 Å². The lowest BCUT2D eigenvalue weighted by Crippen LogP contribution is -2.19. The fourth-order valence-corrected chi connectivity index (χ4v) is 5.02. The van der Waals surface area contributed by atoms with E-state index in [0.29, 0.717) is 10.5 Å². The van der Waals surface area contributed by atoms with Crippen molar-refractivity contribution < 1.29 is 0 Å². The van der Waals surface area contributed by atoms with Crippen LogP contribution in [0.15, 0.2) is 104 Å². The third-order valence-corrected chi connectivity index (χ3v) is 7.08. The number of halogens is 1. The Labute approximate surface area is 214 Å². The fraction of sp³-hybridized carbons (Fsp3) is 0.0769. The van der Waals surface area contributed by atoms with Crippen molar-refractivity contribution in [1.82, 2.24) is 19.0 Å². The first-order chi connectivity index (χ1) is 17.0. The Bertz CT molecular complexity index is 1640. The van der Waals surface area contributed by atoms with E-state index in [1.165, 1.54) is 11.3 Å². The number of nitrogens with zero attached hydrogens (tertiary/aromatic N) is 6. The minimum Gasteiger partial charge on any atom is -0.283 e. The zero-order valence-corrected chi connectivity index (χ0v) is 21.4. The van der Waals surface area contributed by atoms with Crippen molar-refractivity contribution in [2.75, 3.05) is 0 Å².